The highest BCUT2D eigenvalue weighted by Gasteiger charge is 2.06. The smallest absolute Gasteiger partial charge is 0.356 e. The summed E-state index contributed by atoms with van der Waals surface area (Å²) in [5.74, 6) is -1.51. The van der Waals surface area contributed by atoms with E-state index in [0.717, 1.165) is 0 Å². The van der Waals surface area contributed by atoms with Gasteiger partial charge in [0.1, 0.15) is 5.82 Å². The van der Waals surface area contributed by atoms with Crippen LogP contribution in [-0.2, 0) is 0 Å². The van der Waals surface area contributed by atoms with Gasteiger partial charge in [-0.25, -0.2) is 9.18 Å². The molecular weight excluding hydrogens is 211 g/mol. The quantitative estimate of drug-likeness (QED) is 0.837. The fraction of sp³-hybridized carbons (Fsp3) is 0. The number of aromatic nitrogens is 2. The predicted octanol–water partition coefficient (Wildman–Crippen LogP) is 1.98. The molecule has 0 atom stereocenters. The second-order valence-electron chi connectivity index (χ2n) is 3.12. The summed E-state index contributed by atoms with van der Waals surface area (Å²) in [7, 11) is 0. The van der Waals surface area contributed by atoms with Gasteiger partial charge in [-0.1, -0.05) is 12.1 Å². The minimum Gasteiger partial charge on any atom is -0.476 e. The van der Waals surface area contributed by atoms with Crippen molar-refractivity contribution in [1.82, 2.24) is 10.2 Å². The van der Waals surface area contributed by atoms with Crippen LogP contribution in [0.2, 0.25) is 0 Å². The van der Waals surface area contributed by atoms with Crippen LogP contribution in [0.1, 0.15) is 10.5 Å². The Kier molecular flexibility index (Phi) is 2.59. The van der Waals surface area contributed by atoms with Crippen molar-refractivity contribution < 1.29 is 14.3 Å². The van der Waals surface area contributed by atoms with Crippen molar-refractivity contribution in [2.24, 2.45) is 0 Å². The van der Waals surface area contributed by atoms with E-state index in [9.17, 15) is 9.18 Å². The van der Waals surface area contributed by atoms with Crippen molar-refractivity contribution in [1.29, 1.82) is 0 Å². The van der Waals surface area contributed by atoms with Crippen molar-refractivity contribution in [2.45, 2.75) is 0 Å². The van der Waals surface area contributed by atoms with Crippen molar-refractivity contribution in [2.75, 3.05) is 0 Å². The molecule has 0 aliphatic rings. The molecule has 1 aromatic carbocycles. The van der Waals surface area contributed by atoms with Gasteiger partial charge in [0.25, 0.3) is 0 Å². The molecule has 1 aromatic heterocycles. The number of hydrogen-bond acceptors (Lipinski definition) is 3. The van der Waals surface area contributed by atoms with Crippen LogP contribution in [0.15, 0.2) is 36.4 Å². The fourth-order valence-corrected chi connectivity index (χ4v) is 1.25. The molecule has 1 heterocycles. The van der Waals surface area contributed by atoms with Crippen molar-refractivity contribution in [3.05, 3.63) is 47.9 Å². The molecule has 0 spiro atoms. The normalized spacial score (nSPS) is 10.1. The second kappa shape index (κ2) is 4.06. The Morgan fingerprint density at radius 1 is 1.19 bits per heavy atom. The van der Waals surface area contributed by atoms with Gasteiger partial charge in [-0.15, -0.1) is 10.2 Å². The number of carboxylic acids is 1. The zero-order chi connectivity index (χ0) is 11.5. The lowest BCUT2D eigenvalue weighted by molar-refractivity contribution is 0.0689. The van der Waals surface area contributed by atoms with Crippen LogP contribution in [0.5, 0.6) is 0 Å². The maximum atomic E-state index is 12.9. The Balaban J connectivity index is 2.38. The number of carboxylic acid groups (broad SMARTS) is 1. The first kappa shape index (κ1) is 10.2. The Bertz CT molecular complexity index is 526. The molecule has 0 bridgehead atoms. The maximum absolute atomic E-state index is 12.9. The molecule has 4 nitrogen and oxygen atoms in total. The van der Waals surface area contributed by atoms with Gasteiger partial charge in [0.05, 0.1) is 5.69 Å². The zero-order valence-corrected chi connectivity index (χ0v) is 8.09. The molecule has 2 aromatic rings. The third-order valence-electron chi connectivity index (χ3n) is 2.00. The lowest BCUT2D eigenvalue weighted by atomic mass is 10.1. The summed E-state index contributed by atoms with van der Waals surface area (Å²) in [6, 6.07) is 8.68. The van der Waals surface area contributed by atoms with Crippen LogP contribution >= 0.6 is 0 Å². The average molecular weight is 218 g/mol. The summed E-state index contributed by atoms with van der Waals surface area (Å²) in [6.45, 7) is 0. The maximum Gasteiger partial charge on any atom is 0.356 e. The summed E-state index contributed by atoms with van der Waals surface area (Å²) >= 11 is 0. The Labute approximate surface area is 90.4 Å². The van der Waals surface area contributed by atoms with Crippen molar-refractivity contribution in [3.63, 3.8) is 0 Å². The molecule has 0 unspecified atom stereocenters. The van der Waals surface area contributed by atoms with Gasteiger partial charge in [0.15, 0.2) is 5.69 Å². The molecule has 1 N–H and O–H groups in total. The molecule has 0 radical (unpaired) electrons. The highest BCUT2D eigenvalue weighted by molar-refractivity contribution is 5.85. The summed E-state index contributed by atoms with van der Waals surface area (Å²) < 4.78 is 12.9. The molecule has 0 amide bonds. The van der Waals surface area contributed by atoms with E-state index in [1.807, 2.05) is 0 Å². The molecule has 5 heteroatoms. The van der Waals surface area contributed by atoms with Crippen LogP contribution in [0, 0.1) is 5.82 Å². The van der Waals surface area contributed by atoms with E-state index in [1.54, 1.807) is 12.1 Å². The van der Waals surface area contributed by atoms with Gasteiger partial charge in [0, 0.05) is 5.56 Å². The number of aromatic carboxylic acids is 1. The largest absolute Gasteiger partial charge is 0.476 e. The number of rotatable bonds is 2. The zero-order valence-electron chi connectivity index (χ0n) is 8.09. The third-order valence-corrected chi connectivity index (χ3v) is 2.00. The number of halogens is 1. The average Bonchev–Trinajstić information content (AvgIpc) is 2.29. The lowest BCUT2D eigenvalue weighted by Crippen LogP contribution is -2.01. The van der Waals surface area contributed by atoms with E-state index >= 15 is 0 Å². The monoisotopic (exact) mass is 218 g/mol. The van der Waals surface area contributed by atoms with Crippen LogP contribution in [0.25, 0.3) is 11.3 Å². The summed E-state index contributed by atoms with van der Waals surface area (Å²) in [6.07, 6.45) is 0. The SMILES string of the molecule is O=C(O)c1ccc(-c2cccc(F)c2)nn1. The molecule has 80 valence electrons. The highest BCUT2D eigenvalue weighted by atomic mass is 19.1. The summed E-state index contributed by atoms with van der Waals surface area (Å²) in [4.78, 5) is 10.5. The van der Waals surface area contributed by atoms with E-state index in [1.165, 1.54) is 24.3 Å². The number of nitrogens with zero attached hydrogens (tertiary/aromatic N) is 2. The van der Waals surface area contributed by atoms with Gasteiger partial charge in [0.2, 0.25) is 0 Å². The van der Waals surface area contributed by atoms with E-state index in [2.05, 4.69) is 10.2 Å². The second-order valence-corrected chi connectivity index (χ2v) is 3.12. The van der Waals surface area contributed by atoms with E-state index in [0.29, 0.717) is 11.3 Å². The van der Waals surface area contributed by atoms with Crippen molar-refractivity contribution in [3.8, 4) is 11.3 Å². The first-order valence-corrected chi connectivity index (χ1v) is 4.50. The number of benzene rings is 1. The van der Waals surface area contributed by atoms with Gasteiger partial charge in [-0.3, -0.25) is 0 Å². The summed E-state index contributed by atoms with van der Waals surface area (Å²) in [5, 5.41) is 15.9. The minimum absolute atomic E-state index is 0.139. The summed E-state index contributed by atoms with van der Waals surface area (Å²) in [5.41, 5.74) is 0.856. The fourth-order valence-electron chi connectivity index (χ4n) is 1.25. The topological polar surface area (TPSA) is 63.1 Å². The molecule has 2 rings (SSSR count). The minimum atomic E-state index is -1.14. The van der Waals surface area contributed by atoms with Gasteiger partial charge in [-0.05, 0) is 24.3 Å². The first-order valence-electron chi connectivity index (χ1n) is 4.50. The van der Waals surface area contributed by atoms with Gasteiger partial charge in [-0.2, -0.15) is 0 Å². The standard InChI is InChI=1S/C11H7FN2O2/c12-8-3-1-2-7(6-8)9-4-5-10(11(15)16)14-13-9/h1-6H,(H,15,16). The third kappa shape index (κ3) is 2.03. The van der Waals surface area contributed by atoms with E-state index in [-0.39, 0.29) is 11.5 Å². The molecule has 0 saturated carbocycles. The van der Waals surface area contributed by atoms with Crippen molar-refractivity contribution >= 4 is 5.97 Å². The molecule has 16 heavy (non-hydrogen) atoms. The number of carbonyl (C=O) groups is 1. The van der Waals surface area contributed by atoms with E-state index in [4.69, 9.17) is 5.11 Å². The van der Waals surface area contributed by atoms with Gasteiger partial charge >= 0.3 is 5.97 Å². The Morgan fingerprint density at radius 2 is 2.00 bits per heavy atom. The molecular formula is C11H7FN2O2. The van der Waals surface area contributed by atoms with Crippen LogP contribution in [0.3, 0.4) is 0 Å². The number of hydrogen-bond donors (Lipinski definition) is 1. The molecule has 0 saturated heterocycles. The molecule has 0 fully saturated rings. The molecule has 0 aliphatic heterocycles. The van der Waals surface area contributed by atoms with Crippen LogP contribution in [0.4, 0.5) is 4.39 Å². The van der Waals surface area contributed by atoms with Crippen LogP contribution < -0.4 is 0 Å². The lowest BCUT2D eigenvalue weighted by Gasteiger charge is -1.99. The highest BCUT2D eigenvalue weighted by Crippen LogP contribution is 2.16. The molecule has 0 aliphatic carbocycles. The Morgan fingerprint density at radius 3 is 2.56 bits per heavy atom. The van der Waals surface area contributed by atoms with Gasteiger partial charge < -0.3 is 5.11 Å². The predicted molar refractivity (Wildman–Crippen MR) is 54.4 cm³/mol. The Hall–Kier alpha value is -2.30. The van der Waals surface area contributed by atoms with Crippen LogP contribution in [-0.4, -0.2) is 21.3 Å². The first-order chi connectivity index (χ1) is 7.66. The van der Waals surface area contributed by atoms with E-state index < -0.39 is 5.97 Å².